The van der Waals surface area contributed by atoms with E-state index in [4.69, 9.17) is 0 Å². The molecule has 0 aliphatic carbocycles. The molecule has 2 rings (SSSR count). The lowest BCUT2D eigenvalue weighted by Crippen LogP contribution is -2.17. The molecule has 1 aromatic carbocycles. The number of nitrogens with zero attached hydrogens (tertiary/aromatic N) is 3. The van der Waals surface area contributed by atoms with Gasteiger partial charge in [-0.1, -0.05) is 12.1 Å². The summed E-state index contributed by atoms with van der Waals surface area (Å²) >= 11 is 0. The fraction of sp³-hybridized carbons (Fsp3) is 0. The summed E-state index contributed by atoms with van der Waals surface area (Å²) in [4.78, 5) is 25.8. The smallest absolute Gasteiger partial charge is 0.267 e. The number of aromatic nitrogens is 1. The topological polar surface area (TPSA) is 97.5 Å². The van der Waals surface area contributed by atoms with E-state index in [1.807, 2.05) is 0 Å². The number of pyridine rings is 1. The number of carbonyl (C=O) groups excluding carboxylic acids is 1. The normalized spacial score (nSPS) is 10.9. The number of allylic oxidation sites excluding steroid dienone is 1. The van der Waals surface area contributed by atoms with Gasteiger partial charge < -0.3 is 0 Å². The van der Waals surface area contributed by atoms with Gasteiger partial charge in [0.1, 0.15) is 0 Å². The Hall–Kier alpha value is -3.35. The summed E-state index contributed by atoms with van der Waals surface area (Å²) in [5.41, 5.74) is 3.18. The Bertz CT molecular complexity index is 727. The van der Waals surface area contributed by atoms with E-state index in [0.717, 1.165) is 0 Å². The summed E-state index contributed by atoms with van der Waals surface area (Å²) in [6.45, 7) is 0. The van der Waals surface area contributed by atoms with Gasteiger partial charge in [-0.3, -0.25) is 19.9 Å². The number of para-hydroxylation sites is 1. The van der Waals surface area contributed by atoms with E-state index < -0.39 is 4.92 Å². The van der Waals surface area contributed by atoms with Gasteiger partial charge in [-0.05, 0) is 30.4 Å². The van der Waals surface area contributed by atoms with Crippen LogP contribution in [-0.4, -0.2) is 22.0 Å². The summed E-state index contributed by atoms with van der Waals surface area (Å²) in [7, 11) is 0. The Kier molecular flexibility index (Phi) is 5.09. The molecule has 0 saturated carbocycles. The summed E-state index contributed by atoms with van der Waals surface area (Å²) in [5.74, 6) is -0.386. The van der Waals surface area contributed by atoms with Crippen LogP contribution in [0.3, 0.4) is 0 Å². The van der Waals surface area contributed by atoms with Crippen LogP contribution in [0.25, 0.3) is 6.08 Å². The van der Waals surface area contributed by atoms with E-state index in [-0.39, 0.29) is 11.6 Å². The standard InChI is InChI=1S/C15H12N4O3/c20-15(13-7-3-9-16-11-13)18-17-10-4-6-12-5-1-2-8-14(12)19(21)22/h1-11H,(H,18,20). The van der Waals surface area contributed by atoms with Crippen LogP contribution in [0.1, 0.15) is 15.9 Å². The average Bonchev–Trinajstić information content (AvgIpc) is 2.55. The van der Waals surface area contributed by atoms with Crippen molar-refractivity contribution in [2.45, 2.75) is 0 Å². The molecule has 110 valence electrons. The third-order valence-corrected chi connectivity index (χ3v) is 2.66. The quantitative estimate of drug-likeness (QED) is 0.520. The summed E-state index contributed by atoms with van der Waals surface area (Å²) < 4.78 is 0. The van der Waals surface area contributed by atoms with Crippen LogP contribution in [0.15, 0.2) is 60.0 Å². The van der Waals surface area contributed by atoms with Crippen molar-refractivity contribution in [2.24, 2.45) is 5.10 Å². The predicted octanol–water partition coefficient (Wildman–Crippen LogP) is 2.42. The fourth-order valence-electron chi connectivity index (χ4n) is 1.64. The average molecular weight is 296 g/mol. The molecule has 0 bridgehead atoms. The van der Waals surface area contributed by atoms with E-state index in [1.54, 1.807) is 36.5 Å². The first-order chi connectivity index (χ1) is 10.7. The molecule has 0 radical (unpaired) electrons. The van der Waals surface area contributed by atoms with Crippen molar-refractivity contribution in [2.75, 3.05) is 0 Å². The first kappa shape index (κ1) is 15.0. The number of rotatable bonds is 5. The lowest BCUT2D eigenvalue weighted by atomic mass is 10.2. The number of nitro benzene ring substituents is 1. The molecule has 0 aliphatic rings. The highest BCUT2D eigenvalue weighted by Crippen LogP contribution is 2.18. The number of hydrogen-bond donors (Lipinski definition) is 1. The molecule has 0 fully saturated rings. The first-order valence-corrected chi connectivity index (χ1v) is 6.32. The van der Waals surface area contributed by atoms with Crippen molar-refractivity contribution in [3.05, 3.63) is 76.1 Å². The van der Waals surface area contributed by atoms with Gasteiger partial charge in [-0.25, -0.2) is 5.43 Å². The second kappa shape index (κ2) is 7.44. The van der Waals surface area contributed by atoms with Gasteiger partial charge in [-0.15, -0.1) is 0 Å². The molecule has 1 aromatic heterocycles. The van der Waals surface area contributed by atoms with Gasteiger partial charge >= 0.3 is 0 Å². The Morgan fingerprint density at radius 3 is 2.82 bits per heavy atom. The fourth-order valence-corrected chi connectivity index (χ4v) is 1.64. The number of hydrogen-bond acceptors (Lipinski definition) is 5. The molecule has 0 spiro atoms. The number of carbonyl (C=O) groups is 1. The van der Waals surface area contributed by atoms with Gasteiger partial charge in [-0.2, -0.15) is 5.10 Å². The van der Waals surface area contributed by atoms with Gasteiger partial charge in [0, 0.05) is 24.7 Å². The van der Waals surface area contributed by atoms with Crippen molar-refractivity contribution in [1.29, 1.82) is 0 Å². The Morgan fingerprint density at radius 2 is 2.09 bits per heavy atom. The predicted molar refractivity (Wildman–Crippen MR) is 82.3 cm³/mol. The van der Waals surface area contributed by atoms with Crippen LogP contribution < -0.4 is 5.43 Å². The second-order valence-electron chi connectivity index (χ2n) is 4.14. The van der Waals surface area contributed by atoms with E-state index in [2.05, 4.69) is 15.5 Å². The summed E-state index contributed by atoms with van der Waals surface area (Å²) in [5, 5.41) is 14.6. The number of nitrogens with one attached hydrogen (secondary N) is 1. The molecule has 1 amide bonds. The van der Waals surface area contributed by atoms with E-state index in [1.165, 1.54) is 30.6 Å². The summed E-state index contributed by atoms with van der Waals surface area (Å²) in [6.07, 6.45) is 7.37. The maximum atomic E-state index is 11.6. The van der Waals surface area contributed by atoms with Gasteiger partial charge in [0.2, 0.25) is 0 Å². The SMILES string of the molecule is O=C(NN=CC=Cc1ccccc1[N+](=O)[O-])c1cccnc1. The maximum absolute atomic E-state index is 11.6. The van der Waals surface area contributed by atoms with Crippen molar-refractivity contribution in [1.82, 2.24) is 10.4 Å². The van der Waals surface area contributed by atoms with E-state index in [9.17, 15) is 14.9 Å². The van der Waals surface area contributed by atoms with Gasteiger partial charge in [0.25, 0.3) is 11.6 Å². The molecule has 7 heteroatoms. The van der Waals surface area contributed by atoms with E-state index >= 15 is 0 Å². The highest BCUT2D eigenvalue weighted by Gasteiger charge is 2.08. The zero-order valence-corrected chi connectivity index (χ0v) is 11.4. The molecule has 1 N–H and O–H groups in total. The molecule has 2 aromatic rings. The highest BCUT2D eigenvalue weighted by atomic mass is 16.6. The molecular formula is C15H12N4O3. The minimum Gasteiger partial charge on any atom is -0.267 e. The molecule has 7 nitrogen and oxygen atoms in total. The largest absolute Gasteiger partial charge is 0.276 e. The highest BCUT2D eigenvalue weighted by molar-refractivity contribution is 5.94. The van der Waals surface area contributed by atoms with Crippen LogP contribution in [0, 0.1) is 10.1 Å². The number of nitro groups is 1. The van der Waals surface area contributed by atoms with E-state index in [0.29, 0.717) is 11.1 Å². The third-order valence-electron chi connectivity index (χ3n) is 2.66. The zero-order chi connectivity index (χ0) is 15.8. The van der Waals surface area contributed by atoms with Gasteiger partial charge in [0.05, 0.1) is 16.1 Å². The minimum absolute atomic E-state index is 0.00606. The van der Waals surface area contributed by atoms with Crippen LogP contribution >= 0.6 is 0 Å². The van der Waals surface area contributed by atoms with Crippen LogP contribution in [0.4, 0.5) is 5.69 Å². The molecule has 0 atom stereocenters. The Balaban J connectivity index is 1.96. The lowest BCUT2D eigenvalue weighted by Gasteiger charge is -1.97. The molecule has 0 saturated heterocycles. The Morgan fingerprint density at radius 1 is 1.27 bits per heavy atom. The molecule has 1 heterocycles. The number of hydrazone groups is 1. The molecule has 0 aliphatic heterocycles. The molecular weight excluding hydrogens is 284 g/mol. The van der Waals surface area contributed by atoms with Crippen LogP contribution in [-0.2, 0) is 0 Å². The Labute approximate surface area is 126 Å². The van der Waals surface area contributed by atoms with Crippen molar-refractivity contribution < 1.29 is 9.72 Å². The lowest BCUT2D eigenvalue weighted by molar-refractivity contribution is -0.385. The summed E-state index contributed by atoms with van der Waals surface area (Å²) in [6, 6.07) is 9.59. The monoisotopic (exact) mass is 296 g/mol. The second-order valence-corrected chi connectivity index (χ2v) is 4.14. The maximum Gasteiger partial charge on any atom is 0.276 e. The van der Waals surface area contributed by atoms with Crippen molar-refractivity contribution >= 4 is 23.9 Å². The van der Waals surface area contributed by atoms with Crippen LogP contribution in [0.2, 0.25) is 0 Å². The number of benzene rings is 1. The van der Waals surface area contributed by atoms with Crippen molar-refractivity contribution in [3.63, 3.8) is 0 Å². The first-order valence-electron chi connectivity index (χ1n) is 6.32. The molecule has 22 heavy (non-hydrogen) atoms. The van der Waals surface area contributed by atoms with Crippen molar-refractivity contribution in [3.8, 4) is 0 Å². The van der Waals surface area contributed by atoms with Crippen LogP contribution in [0.5, 0.6) is 0 Å². The number of amides is 1. The zero-order valence-electron chi connectivity index (χ0n) is 11.4. The van der Waals surface area contributed by atoms with Gasteiger partial charge in [0.15, 0.2) is 0 Å². The molecule has 0 unspecified atom stereocenters. The minimum atomic E-state index is -0.457. The third kappa shape index (κ3) is 4.07.